The van der Waals surface area contributed by atoms with Crippen LogP contribution in [0.3, 0.4) is 0 Å². The van der Waals surface area contributed by atoms with Crippen LogP contribution in [-0.2, 0) is 6.18 Å². The second-order valence-corrected chi connectivity index (χ2v) is 11.6. The Labute approximate surface area is 240 Å². The van der Waals surface area contributed by atoms with Crippen molar-refractivity contribution in [2.45, 2.75) is 55.1 Å². The van der Waals surface area contributed by atoms with Crippen LogP contribution >= 0.6 is 11.8 Å². The van der Waals surface area contributed by atoms with Crippen LogP contribution in [0.1, 0.15) is 38.7 Å². The highest BCUT2D eigenvalue weighted by Gasteiger charge is 2.34. The Balaban J connectivity index is 1.47. The number of halogens is 3. The highest BCUT2D eigenvalue weighted by atomic mass is 32.2. The number of hydrogen-bond donors (Lipinski definition) is 4. The molecule has 0 saturated carbocycles. The topological polar surface area (TPSA) is 85.8 Å². The van der Waals surface area contributed by atoms with E-state index in [0.29, 0.717) is 23.7 Å². The molecule has 7 nitrogen and oxygen atoms in total. The quantitative estimate of drug-likeness (QED) is 0.219. The van der Waals surface area contributed by atoms with Crippen molar-refractivity contribution in [1.82, 2.24) is 9.80 Å². The Morgan fingerprint density at radius 1 is 1.00 bits per heavy atom. The third-order valence-electron chi connectivity index (χ3n) is 7.68. The van der Waals surface area contributed by atoms with E-state index in [9.17, 15) is 13.2 Å². The number of hydrogen-bond acceptors (Lipinski definition) is 8. The van der Waals surface area contributed by atoms with Crippen LogP contribution in [0.5, 0.6) is 0 Å². The first-order chi connectivity index (χ1) is 19.2. The molecule has 222 valence electrons. The van der Waals surface area contributed by atoms with Crippen molar-refractivity contribution in [3.63, 3.8) is 0 Å². The first kappa shape index (κ1) is 30.8. The van der Waals surface area contributed by atoms with Gasteiger partial charge in [-0.15, -0.1) is 0 Å². The molecule has 4 rings (SSSR count). The predicted molar refractivity (Wildman–Crippen MR) is 161 cm³/mol. The summed E-state index contributed by atoms with van der Waals surface area (Å²) in [6.45, 7) is 12.6. The molecule has 40 heavy (non-hydrogen) atoms. The van der Waals surface area contributed by atoms with Crippen LogP contribution in [0.25, 0.3) is 0 Å². The van der Waals surface area contributed by atoms with Gasteiger partial charge in [0.05, 0.1) is 22.6 Å². The molecule has 1 saturated heterocycles. The largest absolute Gasteiger partial charge is 0.416 e. The molecule has 0 atom stereocenters. The Bertz CT molecular complexity index is 1100. The van der Waals surface area contributed by atoms with Crippen molar-refractivity contribution in [1.29, 1.82) is 0 Å². The monoisotopic (exact) mass is 579 g/mol. The lowest BCUT2D eigenvalue weighted by atomic mass is 10.0. The van der Waals surface area contributed by atoms with Gasteiger partial charge >= 0.3 is 6.18 Å². The number of anilines is 4. The smallest absolute Gasteiger partial charge is 0.380 e. The van der Waals surface area contributed by atoms with Crippen LogP contribution < -0.4 is 27.0 Å². The van der Waals surface area contributed by atoms with E-state index in [0.717, 1.165) is 93.6 Å². The summed E-state index contributed by atoms with van der Waals surface area (Å²) in [5, 5.41) is 6.93. The number of nitrogens with two attached hydrogens (primary N) is 2. The molecule has 0 spiro atoms. The maximum Gasteiger partial charge on any atom is 0.416 e. The summed E-state index contributed by atoms with van der Waals surface area (Å²) in [5.74, 6) is 0. The maximum atomic E-state index is 13.9. The van der Waals surface area contributed by atoms with Crippen LogP contribution in [0, 0.1) is 0 Å². The zero-order valence-corrected chi connectivity index (χ0v) is 24.5. The normalized spacial score (nSPS) is 16.0. The standard InChI is InChI=1S/C29H44F3N7S/c1-3-11-39(4-2)23-5-6-24-26(20-23)40-27-19-21(29(30,31)32)18-25(28(27)36-24)35-22-7-12-37(13-8-22)16-17-38(14-9-33)15-10-34/h5-6,18-20,22,35-36H,3-4,7-17,33-34H2,1-2H3. The highest BCUT2D eigenvalue weighted by molar-refractivity contribution is 7.99. The Morgan fingerprint density at radius 3 is 2.35 bits per heavy atom. The molecule has 11 heteroatoms. The van der Waals surface area contributed by atoms with Crippen molar-refractivity contribution in [2.24, 2.45) is 11.5 Å². The number of fused-ring (bicyclic) bond motifs is 2. The van der Waals surface area contributed by atoms with Gasteiger partial charge in [-0.05, 0) is 56.5 Å². The van der Waals surface area contributed by atoms with E-state index < -0.39 is 11.7 Å². The van der Waals surface area contributed by atoms with Gasteiger partial charge in [0, 0.05) is 87.0 Å². The molecular formula is C29H44F3N7S. The number of nitrogens with one attached hydrogen (secondary N) is 2. The van der Waals surface area contributed by atoms with Gasteiger partial charge in [-0.25, -0.2) is 0 Å². The fraction of sp³-hybridized carbons (Fsp3) is 0.586. The van der Waals surface area contributed by atoms with Crippen molar-refractivity contribution in [3.05, 3.63) is 35.9 Å². The lowest BCUT2D eigenvalue weighted by Crippen LogP contribution is -2.44. The molecule has 2 aliphatic rings. The van der Waals surface area contributed by atoms with Crippen molar-refractivity contribution < 1.29 is 13.2 Å². The van der Waals surface area contributed by atoms with Crippen LogP contribution in [0.2, 0.25) is 0 Å². The average molecular weight is 580 g/mol. The van der Waals surface area contributed by atoms with Crippen molar-refractivity contribution in [3.8, 4) is 0 Å². The maximum absolute atomic E-state index is 13.9. The van der Waals surface area contributed by atoms with Gasteiger partial charge in [0.15, 0.2) is 0 Å². The molecule has 1 fully saturated rings. The first-order valence-corrected chi connectivity index (χ1v) is 15.3. The van der Waals surface area contributed by atoms with E-state index in [1.807, 2.05) is 6.07 Å². The number of rotatable bonds is 13. The van der Waals surface area contributed by atoms with E-state index in [2.05, 4.69) is 51.3 Å². The molecule has 0 aliphatic carbocycles. The summed E-state index contributed by atoms with van der Waals surface area (Å²) >= 11 is 1.41. The Morgan fingerprint density at radius 2 is 1.73 bits per heavy atom. The fourth-order valence-corrected chi connectivity index (χ4v) is 6.59. The Kier molecular flexibility index (Phi) is 10.9. The van der Waals surface area contributed by atoms with Crippen LogP contribution in [-0.4, -0.2) is 81.3 Å². The second-order valence-electron chi connectivity index (χ2n) is 10.6. The van der Waals surface area contributed by atoms with E-state index >= 15 is 0 Å². The van der Waals surface area contributed by atoms with E-state index in [1.54, 1.807) is 0 Å². The number of nitrogens with zero attached hydrogens (tertiary/aromatic N) is 3. The van der Waals surface area contributed by atoms with Gasteiger partial charge in [-0.1, -0.05) is 18.7 Å². The minimum absolute atomic E-state index is 0.107. The summed E-state index contributed by atoms with van der Waals surface area (Å²) in [7, 11) is 0. The molecule has 0 aromatic heterocycles. The number of alkyl halides is 3. The van der Waals surface area contributed by atoms with E-state index in [1.165, 1.54) is 23.9 Å². The van der Waals surface area contributed by atoms with Gasteiger partial charge < -0.3 is 31.9 Å². The number of likely N-dealkylation sites (tertiary alicyclic amines) is 1. The van der Waals surface area contributed by atoms with Crippen molar-refractivity contribution in [2.75, 3.05) is 81.0 Å². The van der Waals surface area contributed by atoms with Gasteiger partial charge in [0.2, 0.25) is 0 Å². The van der Waals surface area contributed by atoms with E-state index in [4.69, 9.17) is 11.5 Å². The summed E-state index contributed by atoms with van der Waals surface area (Å²) in [6.07, 6.45) is -1.65. The molecule has 2 aromatic carbocycles. The van der Waals surface area contributed by atoms with Crippen molar-refractivity contribution >= 4 is 34.5 Å². The molecule has 2 heterocycles. The van der Waals surface area contributed by atoms with Gasteiger partial charge in [0.1, 0.15) is 0 Å². The molecule has 0 unspecified atom stereocenters. The second kappa shape index (κ2) is 14.1. The minimum atomic E-state index is -4.42. The summed E-state index contributed by atoms with van der Waals surface area (Å²) in [4.78, 5) is 8.53. The first-order valence-electron chi connectivity index (χ1n) is 14.5. The lowest BCUT2D eigenvalue weighted by Gasteiger charge is -2.35. The average Bonchev–Trinajstić information content (AvgIpc) is 2.94. The lowest BCUT2D eigenvalue weighted by molar-refractivity contribution is -0.137. The summed E-state index contributed by atoms with van der Waals surface area (Å²) in [6, 6.07) is 8.85. The molecule has 6 N–H and O–H groups in total. The third-order valence-corrected chi connectivity index (χ3v) is 8.78. The number of benzene rings is 2. The number of piperidine rings is 1. The zero-order valence-electron chi connectivity index (χ0n) is 23.7. The summed E-state index contributed by atoms with van der Waals surface area (Å²) in [5.41, 5.74) is 14.1. The van der Waals surface area contributed by atoms with Gasteiger partial charge in [-0.3, -0.25) is 4.90 Å². The van der Waals surface area contributed by atoms with Gasteiger partial charge in [0.25, 0.3) is 0 Å². The molecule has 0 bridgehead atoms. The zero-order chi connectivity index (χ0) is 28.7. The third kappa shape index (κ3) is 7.76. The molecule has 2 aromatic rings. The molecule has 2 aliphatic heterocycles. The molecular weight excluding hydrogens is 535 g/mol. The van der Waals surface area contributed by atoms with Gasteiger partial charge in [-0.2, -0.15) is 13.2 Å². The minimum Gasteiger partial charge on any atom is -0.380 e. The van der Waals surface area contributed by atoms with Crippen LogP contribution in [0.4, 0.5) is 35.9 Å². The molecule has 0 radical (unpaired) electrons. The highest BCUT2D eigenvalue weighted by Crippen LogP contribution is 2.50. The van der Waals surface area contributed by atoms with E-state index in [-0.39, 0.29) is 6.04 Å². The SMILES string of the molecule is CCCN(CC)c1ccc2c(c1)Sc1cc(C(F)(F)F)cc(NC3CCN(CCN(CCN)CCN)CC3)c1N2. The van der Waals surface area contributed by atoms with Crippen LogP contribution in [0.15, 0.2) is 40.1 Å². The predicted octanol–water partition coefficient (Wildman–Crippen LogP) is 5.25. The fourth-order valence-electron chi connectivity index (χ4n) is 5.49. The Hall–Kier alpha value is -2.18. The molecule has 0 amide bonds. The summed E-state index contributed by atoms with van der Waals surface area (Å²) < 4.78 is 41.8.